The predicted molar refractivity (Wildman–Crippen MR) is 96.7 cm³/mol. The van der Waals surface area contributed by atoms with Crippen LogP contribution >= 0.6 is 0 Å². The Morgan fingerprint density at radius 3 is 2.17 bits per heavy atom. The summed E-state index contributed by atoms with van der Waals surface area (Å²) >= 11 is 0. The van der Waals surface area contributed by atoms with E-state index < -0.39 is 11.7 Å². The molecule has 1 rings (SSSR count). The lowest BCUT2D eigenvalue weighted by Gasteiger charge is -2.28. The van der Waals surface area contributed by atoms with Crippen LogP contribution in [0.5, 0.6) is 0 Å². The molecule has 4 heteroatoms. The van der Waals surface area contributed by atoms with Crippen molar-refractivity contribution in [1.29, 1.82) is 0 Å². The van der Waals surface area contributed by atoms with Gasteiger partial charge in [0.25, 0.3) is 0 Å². The Hall–Kier alpha value is -1.84. The summed E-state index contributed by atoms with van der Waals surface area (Å²) in [6.07, 6.45) is 0.378. The first-order valence-corrected chi connectivity index (χ1v) is 8.63. The van der Waals surface area contributed by atoms with Gasteiger partial charge in [0.15, 0.2) is 5.78 Å². The maximum atomic E-state index is 12.5. The number of ether oxygens (including phenoxy) is 1. The van der Waals surface area contributed by atoms with Crippen LogP contribution in [0.15, 0.2) is 30.3 Å². The van der Waals surface area contributed by atoms with Gasteiger partial charge in [0.1, 0.15) is 5.60 Å². The molecule has 0 aliphatic rings. The Labute approximate surface area is 146 Å². The minimum atomic E-state index is -0.585. The second kappa shape index (κ2) is 8.86. The Bertz CT molecular complexity index is 532. The normalized spacial score (nSPS) is 12.8. The number of carbonyl (C=O) groups is 2. The molecule has 0 heterocycles. The van der Waals surface area contributed by atoms with E-state index in [0.717, 1.165) is 12.0 Å². The third kappa shape index (κ3) is 7.62. The molecular formula is C20H31NO3. The molecule has 1 aromatic carbocycles. The number of rotatable bonds is 7. The third-order valence-corrected chi connectivity index (χ3v) is 3.59. The fourth-order valence-corrected chi connectivity index (χ4v) is 2.50. The molecule has 0 fully saturated rings. The van der Waals surface area contributed by atoms with Gasteiger partial charge in [-0.2, -0.15) is 0 Å². The lowest BCUT2D eigenvalue weighted by Crippen LogP contribution is -2.40. The summed E-state index contributed by atoms with van der Waals surface area (Å²) in [5.74, 6) is 0.462. The summed E-state index contributed by atoms with van der Waals surface area (Å²) in [5.41, 5.74) is 0.395. The molecule has 0 saturated carbocycles. The van der Waals surface area contributed by atoms with E-state index in [1.54, 1.807) is 0 Å². The van der Waals surface area contributed by atoms with E-state index in [1.165, 1.54) is 4.90 Å². The van der Waals surface area contributed by atoms with Crippen molar-refractivity contribution in [1.82, 2.24) is 4.90 Å². The Kier molecular flexibility index (Phi) is 7.46. The average Bonchev–Trinajstić information content (AvgIpc) is 2.45. The van der Waals surface area contributed by atoms with Crippen molar-refractivity contribution in [3.8, 4) is 0 Å². The van der Waals surface area contributed by atoms with Crippen molar-refractivity contribution in [3.63, 3.8) is 0 Å². The standard InChI is InChI=1S/C20H31NO3/c1-15(2)12-16(3)18(22)14-21(19(23)24-20(4,5)6)13-17-10-8-7-9-11-17/h7-11,15-16H,12-14H2,1-6H3. The summed E-state index contributed by atoms with van der Waals surface area (Å²) in [5, 5.41) is 0. The van der Waals surface area contributed by atoms with E-state index in [4.69, 9.17) is 4.74 Å². The van der Waals surface area contributed by atoms with Crippen molar-refractivity contribution >= 4 is 11.9 Å². The molecule has 0 spiro atoms. The molecule has 24 heavy (non-hydrogen) atoms. The Balaban J connectivity index is 2.84. The predicted octanol–water partition coefficient (Wildman–Crippen LogP) is 4.68. The summed E-state index contributed by atoms with van der Waals surface area (Å²) in [4.78, 5) is 26.5. The molecule has 0 saturated heterocycles. The van der Waals surface area contributed by atoms with Gasteiger partial charge in [-0.05, 0) is 38.7 Å². The Morgan fingerprint density at radius 2 is 1.67 bits per heavy atom. The van der Waals surface area contributed by atoms with Crippen LogP contribution in [0.2, 0.25) is 0 Å². The van der Waals surface area contributed by atoms with Crippen molar-refractivity contribution in [2.75, 3.05) is 6.54 Å². The molecule has 1 atom stereocenters. The monoisotopic (exact) mass is 333 g/mol. The zero-order chi connectivity index (χ0) is 18.3. The molecule has 0 aliphatic heterocycles. The largest absolute Gasteiger partial charge is 0.444 e. The number of hydrogen-bond donors (Lipinski definition) is 0. The van der Waals surface area contributed by atoms with Gasteiger partial charge in [0.2, 0.25) is 0 Å². The van der Waals surface area contributed by atoms with Crippen LogP contribution in [0.25, 0.3) is 0 Å². The minimum absolute atomic E-state index is 0.0642. The second-order valence-electron chi connectivity index (χ2n) is 7.82. The van der Waals surface area contributed by atoms with Crippen molar-refractivity contribution < 1.29 is 14.3 Å². The zero-order valence-electron chi connectivity index (χ0n) is 15.8. The highest BCUT2D eigenvalue weighted by Gasteiger charge is 2.26. The van der Waals surface area contributed by atoms with E-state index in [0.29, 0.717) is 12.5 Å². The highest BCUT2D eigenvalue weighted by molar-refractivity contribution is 5.85. The van der Waals surface area contributed by atoms with Gasteiger partial charge in [-0.3, -0.25) is 9.69 Å². The fraction of sp³-hybridized carbons (Fsp3) is 0.600. The number of Topliss-reactive ketones (excluding diaryl/α,β-unsaturated/α-hetero) is 1. The molecule has 1 aromatic rings. The van der Waals surface area contributed by atoms with Gasteiger partial charge in [-0.15, -0.1) is 0 Å². The first kappa shape index (κ1) is 20.2. The van der Waals surface area contributed by atoms with Crippen LogP contribution in [0.1, 0.15) is 53.5 Å². The van der Waals surface area contributed by atoms with E-state index in [2.05, 4.69) is 13.8 Å². The molecule has 0 N–H and O–H groups in total. The van der Waals surface area contributed by atoms with Gasteiger partial charge in [-0.25, -0.2) is 4.79 Å². The SMILES string of the molecule is CC(C)CC(C)C(=O)CN(Cc1ccccc1)C(=O)OC(C)(C)C. The van der Waals surface area contributed by atoms with Crippen LogP contribution in [-0.4, -0.2) is 28.9 Å². The Morgan fingerprint density at radius 1 is 1.08 bits per heavy atom. The van der Waals surface area contributed by atoms with E-state index >= 15 is 0 Å². The summed E-state index contributed by atoms with van der Waals surface area (Å²) in [7, 11) is 0. The first-order valence-electron chi connectivity index (χ1n) is 8.63. The molecule has 1 amide bonds. The third-order valence-electron chi connectivity index (χ3n) is 3.59. The first-order chi connectivity index (χ1) is 11.1. The molecule has 1 unspecified atom stereocenters. The lowest BCUT2D eigenvalue weighted by molar-refractivity contribution is -0.124. The van der Waals surface area contributed by atoms with Crippen molar-refractivity contribution in [2.45, 2.75) is 60.1 Å². The molecule has 4 nitrogen and oxygen atoms in total. The highest BCUT2D eigenvalue weighted by atomic mass is 16.6. The van der Waals surface area contributed by atoms with Gasteiger partial charge in [0.05, 0.1) is 6.54 Å². The van der Waals surface area contributed by atoms with Crippen molar-refractivity contribution in [2.24, 2.45) is 11.8 Å². The van der Waals surface area contributed by atoms with Crippen LogP contribution in [0, 0.1) is 11.8 Å². The van der Waals surface area contributed by atoms with Crippen LogP contribution < -0.4 is 0 Å². The van der Waals surface area contributed by atoms with Crippen molar-refractivity contribution in [3.05, 3.63) is 35.9 Å². The molecular weight excluding hydrogens is 302 g/mol. The maximum Gasteiger partial charge on any atom is 0.410 e. The lowest BCUT2D eigenvalue weighted by atomic mass is 9.95. The van der Waals surface area contributed by atoms with E-state index in [9.17, 15) is 9.59 Å². The summed E-state index contributed by atoms with van der Waals surface area (Å²) in [6, 6.07) is 9.66. The van der Waals surface area contributed by atoms with Gasteiger partial charge in [0, 0.05) is 12.5 Å². The van der Waals surface area contributed by atoms with E-state index in [1.807, 2.05) is 58.0 Å². The number of hydrogen-bond acceptors (Lipinski definition) is 3. The smallest absolute Gasteiger partial charge is 0.410 e. The summed E-state index contributed by atoms with van der Waals surface area (Å²) in [6.45, 7) is 12.1. The topological polar surface area (TPSA) is 46.6 Å². The molecule has 134 valence electrons. The molecule has 0 aromatic heterocycles. The number of amides is 1. The molecule has 0 radical (unpaired) electrons. The quantitative estimate of drug-likeness (QED) is 0.728. The number of benzene rings is 1. The van der Waals surface area contributed by atoms with Crippen LogP contribution in [-0.2, 0) is 16.1 Å². The van der Waals surface area contributed by atoms with Crippen LogP contribution in [0.3, 0.4) is 0 Å². The highest BCUT2D eigenvalue weighted by Crippen LogP contribution is 2.16. The number of nitrogens with zero attached hydrogens (tertiary/aromatic N) is 1. The van der Waals surface area contributed by atoms with Gasteiger partial charge >= 0.3 is 6.09 Å². The molecule has 0 bridgehead atoms. The van der Waals surface area contributed by atoms with E-state index in [-0.39, 0.29) is 18.2 Å². The second-order valence-corrected chi connectivity index (χ2v) is 7.82. The van der Waals surface area contributed by atoms with Crippen LogP contribution in [0.4, 0.5) is 4.79 Å². The molecule has 0 aliphatic carbocycles. The van der Waals surface area contributed by atoms with Gasteiger partial charge < -0.3 is 4.74 Å². The number of ketones is 1. The fourth-order valence-electron chi connectivity index (χ4n) is 2.50. The number of carbonyl (C=O) groups excluding carboxylic acids is 2. The zero-order valence-corrected chi connectivity index (χ0v) is 15.8. The van der Waals surface area contributed by atoms with Gasteiger partial charge in [-0.1, -0.05) is 51.1 Å². The summed E-state index contributed by atoms with van der Waals surface area (Å²) < 4.78 is 5.47. The minimum Gasteiger partial charge on any atom is -0.444 e. The average molecular weight is 333 g/mol. The maximum absolute atomic E-state index is 12.5.